The number of unbranched alkanes of at least 4 members (excludes halogenated alkanes) is 9. The zero-order valence-electron chi connectivity index (χ0n) is 24.5. The first-order valence-electron chi connectivity index (χ1n) is 14.8. The summed E-state index contributed by atoms with van der Waals surface area (Å²) in [4.78, 5) is 33.7. The summed E-state index contributed by atoms with van der Waals surface area (Å²) in [6, 6.07) is 0. The van der Waals surface area contributed by atoms with E-state index in [1.807, 2.05) is 6.92 Å². The summed E-state index contributed by atoms with van der Waals surface area (Å²) in [6.07, 6.45) is 20.5. The highest BCUT2D eigenvalue weighted by Crippen LogP contribution is 2.43. The van der Waals surface area contributed by atoms with Gasteiger partial charge < -0.3 is 24.6 Å². The van der Waals surface area contributed by atoms with Gasteiger partial charge in [0.05, 0.1) is 19.8 Å². The van der Waals surface area contributed by atoms with Crippen molar-refractivity contribution in [1.82, 2.24) is 0 Å². The van der Waals surface area contributed by atoms with E-state index in [1.54, 1.807) is 0 Å². The Balaban J connectivity index is 4.19. The first-order chi connectivity index (χ1) is 19.2. The molecule has 0 aromatic rings. The van der Waals surface area contributed by atoms with Crippen molar-refractivity contribution in [2.24, 2.45) is 0 Å². The number of hydrogen-bond donors (Lipinski definition) is 3. The summed E-state index contributed by atoms with van der Waals surface area (Å²) in [7, 11) is -4.58. The summed E-state index contributed by atoms with van der Waals surface area (Å²) in [5.74, 6) is -1.01. The standard InChI is InChI=1S/C29H53O10P/c1-3-5-6-7-8-9-10-11-12-13-14-15-16-17-18-19-21-29(33)39-27(24-36-28(32)20-4-2)25-38-40(34,35)37-23-26(31)22-30/h9-10,12-13,26-27,30-31H,3-8,11,14-25H2,1-2H3,(H,34,35)/b10-9-,13-12-. The molecule has 0 spiro atoms. The van der Waals surface area contributed by atoms with Gasteiger partial charge in [0.2, 0.25) is 0 Å². The number of aliphatic hydroxyl groups is 2. The Kier molecular flexibility index (Phi) is 25.3. The van der Waals surface area contributed by atoms with Crippen molar-refractivity contribution in [2.45, 2.75) is 122 Å². The van der Waals surface area contributed by atoms with E-state index in [9.17, 15) is 24.2 Å². The van der Waals surface area contributed by atoms with Gasteiger partial charge in [0.25, 0.3) is 0 Å². The fraction of sp³-hybridized carbons (Fsp3) is 0.793. The molecule has 0 bridgehead atoms. The number of rotatable bonds is 27. The summed E-state index contributed by atoms with van der Waals surface area (Å²) >= 11 is 0. The molecular formula is C29H53O10P. The lowest BCUT2D eigenvalue weighted by atomic mass is 10.1. The Bertz CT molecular complexity index is 740. The third-order valence-electron chi connectivity index (χ3n) is 5.83. The Hall–Kier alpha value is -1.55. The predicted molar refractivity (Wildman–Crippen MR) is 155 cm³/mol. The van der Waals surface area contributed by atoms with Crippen LogP contribution in [0.2, 0.25) is 0 Å². The maximum Gasteiger partial charge on any atom is 0.472 e. The van der Waals surface area contributed by atoms with Gasteiger partial charge in [-0.2, -0.15) is 0 Å². The van der Waals surface area contributed by atoms with Gasteiger partial charge in [0.15, 0.2) is 6.10 Å². The zero-order chi connectivity index (χ0) is 29.9. The highest BCUT2D eigenvalue weighted by Gasteiger charge is 2.27. The molecule has 0 heterocycles. The molecule has 0 aromatic heterocycles. The van der Waals surface area contributed by atoms with Gasteiger partial charge >= 0.3 is 19.8 Å². The minimum atomic E-state index is -4.58. The number of ether oxygens (including phenoxy) is 2. The molecule has 3 atom stereocenters. The monoisotopic (exact) mass is 592 g/mol. The van der Waals surface area contributed by atoms with E-state index in [-0.39, 0.29) is 19.4 Å². The van der Waals surface area contributed by atoms with Crippen LogP contribution in [0.3, 0.4) is 0 Å². The molecule has 11 heteroatoms. The minimum Gasteiger partial charge on any atom is -0.462 e. The van der Waals surface area contributed by atoms with Crippen LogP contribution in [0.15, 0.2) is 24.3 Å². The first-order valence-corrected chi connectivity index (χ1v) is 16.3. The topological polar surface area (TPSA) is 149 Å². The van der Waals surface area contributed by atoms with Gasteiger partial charge in [-0.25, -0.2) is 4.57 Å². The Morgan fingerprint density at radius 1 is 0.750 bits per heavy atom. The van der Waals surface area contributed by atoms with E-state index < -0.39 is 51.8 Å². The number of phosphoric acid groups is 1. The van der Waals surface area contributed by atoms with Crippen LogP contribution in [0.5, 0.6) is 0 Å². The van der Waals surface area contributed by atoms with Crippen LogP contribution in [0, 0.1) is 0 Å². The van der Waals surface area contributed by atoms with Crippen LogP contribution in [-0.4, -0.2) is 65.7 Å². The number of hydrogen-bond acceptors (Lipinski definition) is 9. The molecule has 0 saturated carbocycles. The molecule has 0 rings (SSSR count). The summed E-state index contributed by atoms with van der Waals surface area (Å²) in [5, 5.41) is 18.0. The second-order valence-electron chi connectivity index (χ2n) is 9.78. The molecule has 0 amide bonds. The molecule has 0 aliphatic heterocycles. The zero-order valence-corrected chi connectivity index (χ0v) is 25.4. The fourth-order valence-electron chi connectivity index (χ4n) is 3.53. The average Bonchev–Trinajstić information content (AvgIpc) is 2.93. The van der Waals surface area contributed by atoms with E-state index in [0.717, 1.165) is 38.5 Å². The van der Waals surface area contributed by atoms with Crippen LogP contribution in [-0.2, 0) is 32.7 Å². The highest BCUT2D eigenvalue weighted by molar-refractivity contribution is 7.47. The fourth-order valence-corrected chi connectivity index (χ4v) is 4.32. The van der Waals surface area contributed by atoms with Crippen molar-refractivity contribution < 1.29 is 47.8 Å². The maximum absolute atomic E-state index is 12.3. The van der Waals surface area contributed by atoms with Crippen LogP contribution < -0.4 is 0 Å². The third-order valence-corrected chi connectivity index (χ3v) is 6.78. The van der Waals surface area contributed by atoms with Crippen molar-refractivity contribution in [3.05, 3.63) is 24.3 Å². The van der Waals surface area contributed by atoms with E-state index in [4.69, 9.17) is 19.1 Å². The lowest BCUT2D eigenvalue weighted by molar-refractivity contribution is -0.161. The van der Waals surface area contributed by atoms with Crippen molar-refractivity contribution >= 4 is 19.8 Å². The van der Waals surface area contributed by atoms with Crippen molar-refractivity contribution in [1.29, 1.82) is 0 Å². The number of aliphatic hydroxyl groups excluding tert-OH is 2. The maximum atomic E-state index is 12.3. The molecule has 0 aromatic carbocycles. The van der Waals surface area contributed by atoms with Gasteiger partial charge in [-0.05, 0) is 44.9 Å². The molecule has 0 fully saturated rings. The second kappa shape index (κ2) is 26.4. The van der Waals surface area contributed by atoms with Gasteiger partial charge in [0, 0.05) is 12.8 Å². The van der Waals surface area contributed by atoms with Crippen LogP contribution in [0.25, 0.3) is 0 Å². The number of esters is 2. The van der Waals surface area contributed by atoms with Crippen molar-refractivity contribution in [2.75, 3.05) is 26.4 Å². The Morgan fingerprint density at radius 2 is 1.35 bits per heavy atom. The molecule has 3 unspecified atom stereocenters. The van der Waals surface area contributed by atoms with E-state index in [0.29, 0.717) is 12.8 Å². The van der Waals surface area contributed by atoms with Gasteiger partial charge in [-0.15, -0.1) is 0 Å². The van der Waals surface area contributed by atoms with Crippen molar-refractivity contribution in [3.8, 4) is 0 Å². The van der Waals surface area contributed by atoms with Gasteiger partial charge in [-0.3, -0.25) is 18.6 Å². The van der Waals surface area contributed by atoms with Crippen LogP contribution in [0.4, 0.5) is 0 Å². The highest BCUT2D eigenvalue weighted by atomic mass is 31.2. The van der Waals surface area contributed by atoms with Crippen molar-refractivity contribution in [3.63, 3.8) is 0 Å². The molecule has 0 aliphatic carbocycles. The quantitative estimate of drug-likeness (QED) is 0.0453. The van der Waals surface area contributed by atoms with Crippen LogP contribution in [0.1, 0.15) is 110 Å². The molecule has 0 saturated heterocycles. The number of carbonyl (C=O) groups is 2. The first kappa shape index (κ1) is 38.5. The summed E-state index contributed by atoms with van der Waals surface area (Å²) in [6.45, 7) is 1.90. The van der Waals surface area contributed by atoms with E-state index in [1.165, 1.54) is 32.1 Å². The largest absolute Gasteiger partial charge is 0.472 e. The molecule has 3 N–H and O–H groups in total. The number of allylic oxidation sites excluding steroid dienone is 4. The van der Waals surface area contributed by atoms with Crippen LogP contribution >= 0.6 is 7.82 Å². The van der Waals surface area contributed by atoms with Gasteiger partial charge in [0.1, 0.15) is 12.7 Å². The molecule has 234 valence electrons. The third kappa shape index (κ3) is 25.4. The van der Waals surface area contributed by atoms with Gasteiger partial charge in [-0.1, -0.05) is 76.7 Å². The molecule has 40 heavy (non-hydrogen) atoms. The Morgan fingerprint density at radius 3 is 1.98 bits per heavy atom. The lowest BCUT2D eigenvalue weighted by Crippen LogP contribution is -2.29. The predicted octanol–water partition coefficient (Wildman–Crippen LogP) is 5.93. The molecule has 10 nitrogen and oxygen atoms in total. The lowest BCUT2D eigenvalue weighted by Gasteiger charge is -2.20. The molecule has 0 aliphatic rings. The average molecular weight is 593 g/mol. The Labute approximate surface area is 240 Å². The molecule has 0 radical (unpaired) electrons. The number of carbonyl (C=O) groups excluding carboxylic acids is 2. The number of phosphoric ester groups is 1. The second-order valence-corrected chi connectivity index (χ2v) is 11.2. The smallest absolute Gasteiger partial charge is 0.462 e. The normalized spacial score (nSPS) is 14.8. The minimum absolute atomic E-state index is 0.167. The van der Waals surface area contributed by atoms with E-state index >= 15 is 0 Å². The summed E-state index contributed by atoms with van der Waals surface area (Å²) < 4.78 is 31.8. The molecular weight excluding hydrogens is 539 g/mol. The summed E-state index contributed by atoms with van der Waals surface area (Å²) in [5.41, 5.74) is 0. The SMILES string of the molecule is CCCCCC/C=C\C/C=C\CCCCCCCC(=O)OC(COC(=O)CCC)COP(=O)(O)OCC(O)CO. The van der Waals surface area contributed by atoms with E-state index in [2.05, 4.69) is 35.8 Å².